The van der Waals surface area contributed by atoms with E-state index in [1.165, 1.54) is 11.3 Å². The summed E-state index contributed by atoms with van der Waals surface area (Å²) in [6, 6.07) is 17.7. The van der Waals surface area contributed by atoms with Gasteiger partial charge < -0.3 is 20.3 Å². The Morgan fingerprint density at radius 3 is 2.57 bits per heavy atom. The fourth-order valence-electron chi connectivity index (χ4n) is 3.42. The maximum Gasteiger partial charge on any atom is 0.251 e. The van der Waals surface area contributed by atoms with E-state index in [2.05, 4.69) is 50.9 Å². The number of amides is 1. The highest BCUT2D eigenvalue weighted by molar-refractivity contribution is 7.99. The molecule has 3 rings (SSSR count). The van der Waals surface area contributed by atoms with Crippen LogP contribution in [0.4, 0.5) is 0 Å². The summed E-state index contributed by atoms with van der Waals surface area (Å²) in [6.45, 7) is 3.19. The van der Waals surface area contributed by atoms with E-state index in [9.17, 15) is 4.79 Å². The summed E-state index contributed by atoms with van der Waals surface area (Å²) in [4.78, 5) is 20.3. The molecule has 0 saturated carbocycles. The van der Waals surface area contributed by atoms with E-state index in [1.807, 2.05) is 18.8 Å². The monoisotopic (exact) mass is 426 g/mol. The second-order valence-corrected chi connectivity index (χ2v) is 8.28. The molecule has 7 heteroatoms. The number of rotatable bonds is 8. The summed E-state index contributed by atoms with van der Waals surface area (Å²) >= 11 is 1.92. The van der Waals surface area contributed by atoms with Crippen molar-refractivity contribution in [2.75, 3.05) is 46.1 Å². The molecule has 2 N–H and O–H groups in total. The molecule has 0 aliphatic carbocycles. The first kappa shape index (κ1) is 22.0. The van der Waals surface area contributed by atoms with Crippen molar-refractivity contribution in [2.45, 2.75) is 11.3 Å². The maximum atomic E-state index is 12.2. The van der Waals surface area contributed by atoms with Crippen LogP contribution in [0.15, 0.2) is 64.5 Å². The quantitative estimate of drug-likeness (QED) is 0.294. The Kier molecular flexibility index (Phi) is 8.44. The Balaban J connectivity index is 1.36. The van der Waals surface area contributed by atoms with Crippen LogP contribution in [0.25, 0.3) is 0 Å². The van der Waals surface area contributed by atoms with Crippen LogP contribution < -0.4 is 15.4 Å². The van der Waals surface area contributed by atoms with Crippen LogP contribution in [0, 0.1) is 5.92 Å². The number of carbonyl (C=O) groups is 1. The molecular weight excluding hydrogens is 396 g/mol. The number of thioether (sulfide) groups is 1. The molecule has 0 spiro atoms. The van der Waals surface area contributed by atoms with E-state index < -0.39 is 0 Å². The van der Waals surface area contributed by atoms with Crippen LogP contribution in [0.3, 0.4) is 0 Å². The van der Waals surface area contributed by atoms with Gasteiger partial charge in [0.1, 0.15) is 5.75 Å². The lowest BCUT2D eigenvalue weighted by Gasteiger charge is -2.21. The number of nitrogens with zero attached hydrogens (tertiary/aromatic N) is 2. The zero-order valence-corrected chi connectivity index (χ0v) is 18.5. The fourth-order valence-corrected chi connectivity index (χ4v) is 4.47. The number of nitrogens with one attached hydrogen (secondary N) is 2. The number of benzene rings is 2. The molecule has 0 bridgehead atoms. The van der Waals surface area contributed by atoms with Crippen molar-refractivity contribution in [1.29, 1.82) is 0 Å². The number of aliphatic imine (C=N–C) groups is 1. The lowest BCUT2D eigenvalue weighted by molar-refractivity contribution is 0.0954. The first-order valence-corrected chi connectivity index (χ1v) is 11.2. The molecule has 2 aromatic rings. The SMILES string of the molecule is CN=C(NCCNC(=O)c1ccc(OC)cc1)N1CCC(CSc2ccccc2)C1. The van der Waals surface area contributed by atoms with E-state index in [-0.39, 0.29) is 5.91 Å². The van der Waals surface area contributed by atoms with Gasteiger partial charge in [-0.25, -0.2) is 0 Å². The summed E-state index contributed by atoms with van der Waals surface area (Å²) < 4.78 is 5.12. The number of carbonyl (C=O) groups excluding carboxylic acids is 1. The molecule has 0 aromatic heterocycles. The number of methoxy groups -OCH3 is 1. The van der Waals surface area contributed by atoms with Crippen molar-refractivity contribution in [3.05, 3.63) is 60.2 Å². The van der Waals surface area contributed by atoms with Gasteiger partial charge in [0.05, 0.1) is 7.11 Å². The second kappa shape index (κ2) is 11.5. The van der Waals surface area contributed by atoms with Gasteiger partial charge in [-0.3, -0.25) is 9.79 Å². The molecular formula is C23H30N4O2S. The van der Waals surface area contributed by atoms with E-state index in [4.69, 9.17) is 4.74 Å². The van der Waals surface area contributed by atoms with Gasteiger partial charge in [-0.15, -0.1) is 11.8 Å². The lowest BCUT2D eigenvalue weighted by Crippen LogP contribution is -2.43. The highest BCUT2D eigenvalue weighted by Gasteiger charge is 2.24. The molecule has 1 aliphatic rings. The average molecular weight is 427 g/mol. The van der Waals surface area contributed by atoms with Gasteiger partial charge in [-0.1, -0.05) is 18.2 Å². The van der Waals surface area contributed by atoms with Crippen LogP contribution in [0.5, 0.6) is 5.75 Å². The van der Waals surface area contributed by atoms with Crippen molar-refractivity contribution in [3.8, 4) is 5.75 Å². The van der Waals surface area contributed by atoms with Gasteiger partial charge in [0.2, 0.25) is 0 Å². The van der Waals surface area contributed by atoms with Gasteiger partial charge in [0, 0.05) is 49.4 Å². The number of likely N-dealkylation sites (tertiary alicyclic amines) is 1. The average Bonchev–Trinajstić information content (AvgIpc) is 3.27. The third-order valence-corrected chi connectivity index (χ3v) is 6.32. The second-order valence-electron chi connectivity index (χ2n) is 7.18. The number of guanidine groups is 1. The van der Waals surface area contributed by atoms with Crippen molar-refractivity contribution in [1.82, 2.24) is 15.5 Å². The summed E-state index contributed by atoms with van der Waals surface area (Å²) in [6.07, 6.45) is 1.18. The summed E-state index contributed by atoms with van der Waals surface area (Å²) in [5.41, 5.74) is 0.624. The zero-order chi connectivity index (χ0) is 21.2. The summed E-state index contributed by atoms with van der Waals surface area (Å²) in [5, 5.41) is 6.30. The predicted molar refractivity (Wildman–Crippen MR) is 124 cm³/mol. The third-order valence-electron chi connectivity index (χ3n) is 5.07. The zero-order valence-electron chi connectivity index (χ0n) is 17.6. The van der Waals surface area contributed by atoms with E-state index in [0.717, 1.165) is 30.6 Å². The molecule has 160 valence electrons. The topological polar surface area (TPSA) is 66.0 Å². The van der Waals surface area contributed by atoms with E-state index >= 15 is 0 Å². The van der Waals surface area contributed by atoms with Crippen LogP contribution in [0.2, 0.25) is 0 Å². The number of ether oxygens (including phenoxy) is 1. The van der Waals surface area contributed by atoms with E-state index in [1.54, 1.807) is 31.4 Å². The summed E-state index contributed by atoms with van der Waals surface area (Å²) in [5.74, 6) is 3.33. The Hall–Kier alpha value is -2.67. The standard InChI is InChI=1S/C23H30N4O2S/c1-24-23(26-14-13-25-22(28)19-8-10-20(29-2)11-9-19)27-15-12-18(16-27)17-30-21-6-4-3-5-7-21/h3-11,18H,12-17H2,1-2H3,(H,24,26)(H,25,28). The normalized spacial score (nSPS) is 16.4. The largest absolute Gasteiger partial charge is 0.497 e. The Bertz CT molecular complexity index is 827. The molecule has 6 nitrogen and oxygen atoms in total. The molecule has 1 heterocycles. The van der Waals surface area contributed by atoms with Crippen molar-refractivity contribution < 1.29 is 9.53 Å². The lowest BCUT2D eigenvalue weighted by atomic mass is 10.2. The first-order valence-electron chi connectivity index (χ1n) is 10.3. The van der Waals surface area contributed by atoms with Crippen LogP contribution >= 0.6 is 11.8 Å². The van der Waals surface area contributed by atoms with Gasteiger partial charge in [0.25, 0.3) is 5.91 Å². The van der Waals surface area contributed by atoms with Crippen LogP contribution in [-0.4, -0.2) is 62.9 Å². The maximum absolute atomic E-state index is 12.2. The van der Waals surface area contributed by atoms with Crippen LogP contribution in [0.1, 0.15) is 16.8 Å². The van der Waals surface area contributed by atoms with Crippen molar-refractivity contribution >= 4 is 23.6 Å². The molecule has 30 heavy (non-hydrogen) atoms. The minimum Gasteiger partial charge on any atom is -0.497 e. The minimum absolute atomic E-state index is 0.0892. The number of hydrogen-bond donors (Lipinski definition) is 2. The molecule has 1 aliphatic heterocycles. The highest BCUT2D eigenvalue weighted by atomic mass is 32.2. The smallest absolute Gasteiger partial charge is 0.251 e. The molecule has 0 radical (unpaired) electrons. The molecule has 1 fully saturated rings. The fraction of sp³-hybridized carbons (Fsp3) is 0.391. The summed E-state index contributed by atoms with van der Waals surface area (Å²) in [7, 11) is 3.42. The van der Waals surface area contributed by atoms with Crippen LogP contribution in [-0.2, 0) is 0 Å². The third kappa shape index (κ3) is 6.42. The molecule has 1 unspecified atom stereocenters. The molecule has 2 aromatic carbocycles. The number of hydrogen-bond acceptors (Lipinski definition) is 4. The van der Waals surface area contributed by atoms with Gasteiger partial charge in [0.15, 0.2) is 5.96 Å². The predicted octanol–water partition coefficient (Wildman–Crippen LogP) is 3.11. The first-order chi connectivity index (χ1) is 14.7. The Labute approximate surface area is 183 Å². The Morgan fingerprint density at radius 2 is 1.87 bits per heavy atom. The molecule has 1 saturated heterocycles. The van der Waals surface area contributed by atoms with E-state index in [0.29, 0.717) is 24.6 Å². The van der Waals surface area contributed by atoms with Gasteiger partial charge in [-0.2, -0.15) is 0 Å². The van der Waals surface area contributed by atoms with Crippen molar-refractivity contribution in [3.63, 3.8) is 0 Å². The highest BCUT2D eigenvalue weighted by Crippen LogP contribution is 2.25. The minimum atomic E-state index is -0.0892. The van der Waals surface area contributed by atoms with Crippen molar-refractivity contribution in [2.24, 2.45) is 10.9 Å². The van der Waals surface area contributed by atoms with Gasteiger partial charge >= 0.3 is 0 Å². The molecule has 1 atom stereocenters. The Morgan fingerprint density at radius 1 is 1.13 bits per heavy atom. The molecule has 1 amide bonds. The van der Waals surface area contributed by atoms with Gasteiger partial charge in [-0.05, 0) is 48.7 Å².